The number of nitriles is 1. The van der Waals surface area contributed by atoms with Crippen molar-refractivity contribution in [2.75, 3.05) is 5.43 Å². The predicted molar refractivity (Wildman–Crippen MR) is 67.5 cm³/mol. The SMILES string of the molecule is N#Cc1cccc(OCc2ccc(NN)nc2)c1. The van der Waals surface area contributed by atoms with Crippen LogP contribution in [0.15, 0.2) is 42.6 Å². The zero-order valence-corrected chi connectivity index (χ0v) is 9.63. The summed E-state index contributed by atoms with van der Waals surface area (Å²) in [4.78, 5) is 4.07. The summed E-state index contributed by atoms with van der Waals surface area (Å²) < 4.78 is 5.57. The Morgan fingerprint density at radius 1 is 1.33 bits per heavy atom. The number of nitrogen functional groups attached to an aromatic ring is 1. The number of nitrogens with zero attached hydrogens (tertiary/aromatic N) is 2. The summed E-state index contributed by atoms with van der Waals surface area (Å²) in [6.07, 6.45) is 1.68. The van der Waals surface area contributed by atoms with Crippen molar-refractivity contribution < 1.29 is 4.74 Å². The highest BCUT2D eigenvalue weighted by atomic mass is 16.5. The quantitative estimate of drug-likeness (QED) is 0.629. The van der Waals surface area contributed by atoms with Gasteiger partial charge in [-0.25, -0.2) is 10.8 Å². The smallest absolute Gasteiger partial charge is 0.139 e. The molecule has 0 unspecified atom stereocenters. The van der Waals surface area contributed by atoms with Crippen molar-refractivity contribution in [1.29, 1.82) is 5.26 Å². The number of hydrogen-bond acceptors (Lipinski definition) is 5. The van der Waals surface area contributed by atoms with Crippen LogP contribution in [0, 0.1) is 11.3 Å². The van der Waals surface area contributed by atoms with E-state index in [4.69, 9.17) is 15.8 Å². The van der Waals surface area contributed by atoms with Crippen molar-refractivity contribution >= 4 is 5.82 Å². The second-order valence-corrected chi connectivity index (χ2v) is 3.62. The molecule has 0 saturated carbocycles. The van der Waals surface area contributed by atoms with Gasteiger partial charge < -0.3 is 10.2 Å². The lowest BCUT2D eigenvalue weighted by Gasteiger charge is -2.06. The molecule has 1 aromatic carbocycles. The fraction of sp³-hybridized carbons (Fsp3) is 0.0769. The number of hydrazine groups is 1. The van der Waals surface area contributed by atoms with Gasteiger partial charge >= 0.3 is 0 Å². The van der Waals surface area contributed by atoms with E-state index in [1.807, 2.05) is 12.1 Å². The van der Waals surface area contributed by atoms with E-state index < -0.39 is 0 Å². The highest BCUT2D eigenvalue weighted by molar-refractivity contribution is 5.37. The molecule has 90 valence electrons. The minimum atomic E-state index is 0.396. The van der Waals surface area contributed by atoms with Gasteiger partial charge in [-0.05, 0) is 24.3 Å². The highest BCUT2D eigenvalue weighted by Crippen LogP contribution is 2.14. The third-order valence-corrected chi connectivity index (χ3v) is 2.34. The monoisotopic (exact) mass is 240 g/mol. The van der Waals surface area contributed by atoms with Crippen LogP contribution in [0.4, 0.5) is 5.82 Å². The fourth-order valence-electron chi connectivity index (χ4n) is 1.42. The summed E-state index contributed by atoms with van der Waals surface area (Å²) in [6, 6.07) is 12.7. The Hall–Kier alpha value is -2.58. The van der Waals surface area contributed by atoms with E-state index in [9.17, 15) is 0 Å². The molecule has 18 heavy (non-hydrogen) atoms. The minimum Gasteiger partial charge on any atom is -0.489 e. The minimum absolute atomic E-state index is 0.396. The Kier molecular flexibility index (Phi) is 3.74. The Labute approximate surface area is 105 Å². The van der Waals surface area contributed by atoms with E-state index in [1.54, 1.807) is 30.5 Å². The molecule has 1 aromatic heterocycles. The van der Waals surface area contributed by atoms with Gasteiger partial charge in [0.15, 0.2) is 0 Å². The van der Waals surface area contributed by atoms with Crippen LogP contribution in [0.2, 0.25) is 0 Å². The molecule has 3 N–H and O–H groups in total. The number of pyridine rings is 1. The average molecular weight is 240 g/mol. The summed E-state index contributed by atoms with van der Waals surface area (Å²) in [7, 11) is 0. The first kappa shape index (κ1) is 11.9. The first-order valence-corrected chi connectivity index (χ1v) is 5.36. The van der Waals surface area contributed by atoms with Crippen LogP contribution in [-0.4, -0.2) is 4.98 Å². The van der Waals surface area contributed by atoms with Gasteiger partial charge in [0.05, 0.1) is 11.6 Å². The van der Waals surface area contributed by atoms with Gasteiger partial charge in [0.1, 0.15) is 18.2 Å². The van der Waals surface area contributed by atoms with Gasteiger partial charge in [0.2, 0.25) is 0 Å². The van der Waals surface area contributed by atoms with Gasteiger partial charge in [-0.15, -0.1) is 0 Å². The molecule has 2 rings (SSSR count). The maximum absolute atomic E-state index is 8.77. The molecule has 0 spiro atoms. The average Bonchev–Trinajstić information content (AvgIpc) is 2.46. The third-order valence-electron chi connectivity index (χ3n) is 2.34. The fourth-order valence-corrected chi connectivity index (χ4v) is 1.42. The lowest BCUT2D eigenvalue weighted by atomic mass is 10.2. The molecular weight excluding hydrogens is 228 g/mol. The van der Waals surface area contributed by atoms with Crippen molar-refractivity contribution in [3.05, 3.63) is 53.7 Å². The Balaban J connectivity index is 2.00. The van der Waals surface area contributed by atoms with Gasteiger partial charge in [-0.1, -0.05) is 12.1 Å². The van der Waals surface area contributed by atoms with Crippen LogP contribution in [0.1, 0.15) is 11.1 Å². The molecule has 0 aliphatic heterocycles. The van der Waals surface area contributed by atoms with Crippen LogP contribution in [0.3, 0.4) is 0 Å². The van der Waals surface area contributed by atoms with Crippen molar-refractivity contribution in [3.8, 4) is 11.8 Å². The molecule has 5 nitrogen and oxygen atoms in total. The first-order chi connectivity index (χ1) is 8.81. The lowest BCUT2D eigenvalue weighted by molar-refractivity contribution is 0.305. The first-order valence-electron chi connectivity index (χ1n) is 5.36. The summed E-state index contributed by atoms with van der Waals surface area (Å²) in [5.74, 6) is 6.49. The van der Waals surface area contributed by atoms with Crippen LogP contribution in [0.5, 0.6) is 5.75 Å². The maximum Gasteiger partial charge on any atom is 0.139 e. The number of aromatic nitrogens is 1. The summed E-state index contributed by atoms with van der Waals surface area (Å²) in [5.41, 5.74) is 3.96. The van der Waals surface area contributed by atoms with Crippen molar-refractivity contribution in [1.82, 2.24) is 4.98 Å². The molecular formula is C13H12N4O. The van der Waals surface area contributed by atoms with Crippen molar-refractivity contribution in [2.24, 2.45) is 5.84 Å². The largest absolute Gasteiger partial charge is 0.489 e. The second kappa shape index (κ2) is 5.66. The standard InChI is InChI=1S/C13H12N4O/c14-7-10-2-1-3-12(6-10)18-9-11-4-5-13(17-15)16-8-11/h1-6,8H,9,15H2,(H,16,17). The van der Waals surface area contributed by atoms with Gasteiger partial charge in [0, 0.05) is 11.8 Å². The Bertz CT molecular complexity index is 560. The number of anilines is 1. The van der Waals surface area contributed by atoms with E-state index in [0.29, 0.717) is 23.7 Å². The van der Waals surface area contributed by atoms with Gasteiger partial charge in [0.25, 0.3) is 0 Å². The molecule has 0 fully saturated rings. The number of nitrogens with two attached hydrogens (primary N) is 1. The van der Waals surface area contributed by atoms with Crippen LogP contribution >= 0.6 is 0 Å². The highest BCUT2D eigenvalue weighted by Gasteiger charge is 1.98. The Morgan fingerprint density at radius 2 is 2.22 bits per heavy atom. The second-order valence-electron chi connectivity index (χ2n) is 3.62. The number of hydrogen-bond donors (Lipinski definition) is 2. The van der Waals surface area contributed by atoms with Crippen LogP contribution in [0.25, 0.3) is 0 Å². The van der Waals surface area contributed by atoms with E-state index >= 15 is 0 Å². The lowest BCUT2D eigenvalue weighted by Crippen LogP contribution is -2.08. The summed E-state index contributed by atoms with van der Waals surface area (Å²) >= 11 is 0. The topological polar surface area (TPSA) is 84.0 Å². The Morgan fingerprint density at radius 3 is 2.89 bits per heavy atom. The molecule has 0 bridgehead atoms. The van der Waals surface area contributed by atoms with E-state index in [0.717, 1.165) is 5.56 Å². The zero-order chi connectivity index (χ0) is 12.8. The van der Waals surface area contributed by atoms with Gasteiger partial charge in [-0.3, -0.25) is 0 Å². The molecule has 2 aromatic rings. The normalized spacial score (nSPS) is 9.56. The molecule has 0 amide bonds. The van der Waals surface area contributed by atoms with E-state index in [1.165, 1.54) is 0 Å². The summed E-state index contributed by atoms with van der Waals surface area (Å²) in [5, 5.41) is 8.77. The molecule has 5 heteroatoms. The van der Waals surface area contributed by atoms with E-state index in [2.05, 4.69) is 16.5 Å². The number of nitrogens with one attached hydrogen (secondary N) is 1. The molecule has 0 atom stereocenters. The number of ether oxygens (including phenoxy) is 1. The van der Waals surface area contributed by atoms with Gasteiger partial charge in [-0.2, -0.15) is 5.26 Å². The van der Waals surface area contributed by atoms with Crippen molar-refractivity contribution in [2.45, 2.75) is 6.61 Å². The maximum atomic E-state index is 8.77. The van der Waals surface area contributed by atoms with Crippen LogP contribution < -0.4 is 16.0 Å². The number of rotatable bonds is 4. The number of benzene rings is 1. The molecule has 0 radical (unpaired) electrons. The van der Waals surface area contributed by atoms with E-state index in [-0.39, 0.29) is 0 Å². The predicted octanol–water partition coefficient (Wildman–Crippen LogP) is 1.82. The molecule has 0 aliphatic rings. The zero-order valence-electron chi connectivity index (χ0n) is 9.63. The summed E-state index contributed by atoms with van der Waals surface area (Å²) in [6.45, 7) is 0.396. The molecule has 0 saturated heterocycles. The molecule has 1 heterocycles. The third kappa shape index (κ3) is 2.97. The van der Waals surface area contributed by atoms with Crippen molar-refractivity contribution in [3.63, 3.8) is 0 Å². The molecule has 0 aliphatic carbocycles. The van der Waals surface area contributed by atoms with Crippen LogP contribution in [-0.2, 0) is 6.61 Å².